The second kappa shape index (κ2) is 6.19. The van der Waals surface area contributed by atoms with Gasteiger partial charge in [0.1, 0.15) is 17.2 Å². The molecule has 0 saturated heterocycles. The summed E-state index contributed by atoms with van der Waals surface area (Å²) in [5.74, 6) is 1.96. The second-order valence-corrected chi connectivity index (χ2v) is 5.38. The van der Waals surface area contributed by atoms with Gasteiger partial charge in [0, 0.05) is 18.2 Å². The molecule has 0 radical (unpaired) electrons. The summed E-state index contributed by atoms with van der Waals surface area (Å²) in [6.45, 7) is 2.09. The van der Waals surface area contributed by atoms with Gasteiger partial charge in [-0.2, -0.15) is 4.58 Å². The molecule has 2 aromatic rings. The van der Waals surface area contributed by atoms with Crippen molar-refractivity contribution < 1.29 is 23.7 Å². The normalized spacial score (nSPS) is 12.7. The number of nitro benzene ring substituents is 1. The van der Waals surface area contributed by atoms with Crippen LogP contribution in [0.2, 0.25) is 0 Å². The molecule has 0 bridgehead atoms. The van der Waals surface area contributed by atoms with Crippen molar-refractivity contribution >= 4 is 17.6 Å². The third-order valence-corrected chi connectivity index (χ3v) is 3.81. The summed E-state index contributed by atoms with van der Waals surface area (Å²) in [4.78, 5) is 10.7. The summed E-state index contributed by atoms with van der Waals surface area (Å²) in [6, 6.07) is 8.48. The van der Waals surface area contributed by atoms with E-state index >= 15 is 0 Å². The highest BCUT2D eigenvalue weighted by atomic mass is 16.6. The molecule has 3 rings (SSSR count). The number of nitrogens with zero attached hydrogens (tertiary/aromatic N) is 2. The van der Waals surface area contributed by atoms with Crippen molar-refractivity contribution in [1.29, 1.82) is 0 Å². The van der Waals surface area contributed by atoms with E-state index in [1.807, 2.05) is 22.9 Å². The van der Waals surface area contributed by atoms with Gasteiger partial charge in [0.25, 0.3) is 12.4 Å². The Labute approximate surface area is 138 Å². The van der Waals surface area contributed by atoms with E-state index in [1.165, 1.54) is 12.1 Å². The van der Waals surface area contributed by atoms with Gasteiger partial charge in [0.05, 0.1) is 36.8 Å². The molecule has 0 fully saturated rings. The number of methoxy groups -OCH3 is 2. The Morgan fingerprint density at radius 3 is 2.38 bits per heavy atom. The lowest BCUT2D eigenvalue weighted by Gasteiger charge is -2.16. The van der Waals surface area contributed by atoms with E-state index in [-0.39, 0.29) is 5.69 Å². The fourth-order valence-electron chi connectivity index (χ4n) is 2.63. The smallest absolute Gasteiger partial charge is 0.292 e. The van der Waals surface area contributed by atoms with E-state index in [0.29, 0.717) is 29.5 Å². The third kappa shape index (κ3) is 2.88. The Hall–Kier alpha value is -3.09. The fourth-order valence-corrected chi connectivity index (χ4v) is 2.63. The molecular formula is C17H17N2O5+. The number of nitro groups is 1. The molecule has 0 unspecified atom stereocenters. The molecule has 7 nitrogen and oxygen atoms in total. The van der Waals surface area contributed by atoms with Gasteiger partial charge in [-0.1, -0.05) is 0 Å². The molecule has 0 aromatic heterocycles. The summed E-state index contributed by atoms with van der Waals surface area (Å²) < 4.78 is 18.2. The number of hydrogen-bond acceptors (Lipinski definition) is 5. The highest BCUT2D eigenvalue weighted by Gasteiger charge is 2.24. The molecule has 24 heavy (non-hydrogen) atoms. The van der Waals surface area contributed by atoms with Crippen LogP contribution in [0.1, 0.15) is 11.1 Å². The first-order chi connectivity index (χ1) is 11.5. The van der Waals surface area contributed by atoms with Crippen LogP contribution in [0.4, 0.5) is 11.4 Å². The SMILES string of the molecule is COc1cc(OC)cc([N+]2=Cc3cc([N+](=O)[O-])cc(C)c3OC2)c1. The van der Waals surface area contributed by atoms with E-state index in [0.717, 1.165) is 11.3 Å². The van der Waals surface area contributed by atoms with Crippen LogP contribution in [-0.2, 0) is 0 Å². The maximum atomic E-state index is 11.1. The van der Waals surface area contributed by atoms with Gasteiger partial charge < -0.3 is 14.2 Å². The van der Waals surface area contributed by atoms with Crippen molar-refractivity contribution in [2.24, 2.45) is 0 Å². The Morgan fingerprint density at radius 2 is 1.79 bits per heavy atom. The maximum absolute atomic E-state index is 11.1. The van der Waals surface area contributed by atoms with Crippen LogP contribution in [0.5, 0.6) is 17.2 Å². The fraction of sp³-hybridized carbons (Fsp3) is 0.235. The predicted molar refractivity (Wildman–Crippen MR) is 88.0 cm³/mol. The van der Waals surface area contributed by atoms with Crippen molar-refractivity contribution in [2.45, 2.75) is 6.92 Å². The topological polar surface area (TPSA) is 73.8 Å². The quantitative estimate of drug-likeness (QED) is 0.490. The molecule has 0 aliphatic carbocycles. The molecule has 0 spiro atoms. The van der Waals surface area contributed by atoms with E-state index in [4.69, 9.17) is 14.2 Å². The minimum Gasteiger partial charge on any atom is -0.496 e. The number of benzene rings is 2. The number of aryl methyl sites for hydroxylation is 1. The van der Waals surface area contributed by atoms with Gasteiger partial charge >= 0.3 is 0 Å². The standard InChI is InChI=1S/C17H17N2O5/c1-11-4-14(19(20)21)5-12-9-18(10-24-17(11)12)13-6-15(22-2)8-16(7-13)23-3/h4-9H,10H2,1-3H3/q+1. The van der Waals surface area contributed by atoms with Crippen LogP contribution in [-0.4, -0.2) is 36.7 Å². The van der Waals surface area contributed by atoms with Gasteiger partial charge in [-0.15, -0.1) is 0 Å². The first kappa shape index (κ1) is 15.8. The number of ether oxygens (including phenoxy) is 3. The van der Waals surface area contributed by atoms with E-state index in [1.54, 1.807) is 27.2 Å². The Morgan fingerprint density at radius 1 is 1.12 bits per heavy atom. The van der Waals surface area contributed by atoms with Gasteiger partial charge in [-0.05, 0) is 12.5 Å². The van der Waals surface area contributed by atoms with E-state index in [9.17, 15) is 10.1 Å². The molecule has 124 valence electrons. The molecule has 0 N–H and O–H groups in total. The maximum Gasteiger partial charge on any atom is 0.292 e. The first-order valence-corrected chi connectivity index (χ1v) is 7.28. The highest BCUT2D eigenvalue weighted by Crippen LogP contribution is 2.33. The van der Waals surface area contributed by atoms with Crippen LogP contribution in [0.3, 0.4) is 0 Å². The summed E-state index contributed by atoms with van der Waals surface area (Å²) in [6.07, 6.45) is 1.83. The average molecular weight is 329 g/mol. The Bertz CT molecular complexity index is 823. The van der Waals surface area contributed by atoms with Crippen LogP contribution in [0, 0.1) is 17.0 Å². The minimum atomic E-state index is -0.408. The zero-order valence-electron chi connectivity index (χ0n) is 13.6. The molecular weight excluding hydrogens is 312 g/mol. The zero-order chi connectivity index (χ0) is 17.3. The molecule has 0 amide bonds. The number of rotatable bonds is 4. The van der Waals surface area contributed by atoms with Crippen molar-refractivity contribution in [3.05, 3.63) is 51.6 Å². The summed E-state index contributed by atoms with van der Waals surface area (Å²) in [5, 5.41) is 11.1. The van der Waals surface area contributed by atoms with Gasteiger partial charge in [-0.25, -0.2) is 0 Å². The summed E-state index contributed by atoms with van der Waals surface area (Å²) >= 11 is 0. The Balaban J connectivity index is 2.09. The molecule has 2 aromatic carbocycles. The van der Waals surface area contributed by atoms with Crippen molar-refractivity contribution in [2.75, 3.05) is 21.0 Å². The van der Waals surface area contributed by atoms with Crippen molar-refractivity contribution in [1.82, 2.24) is 0 Å². The molecule has 0 saturated carbocycles. The number of hydrogen-bond donors (Lipinski definition) is 0. The summed E-state index contributed by atoms with van der Waals surface area (Å²) in [5.41, 5.74) is 2.24. The second-order valence-electron chi connectivity index (χ2n) is 5.38. The van der Waals surface area contributed by atoms with E-state index in [2.05, 4.69) is 0 Å². The predicted octanol–water partition coefficient (Wildman–Crippen LogP) is 3.03. The van der Waals surface area contributed by atoms with Gasteiger partial charge in [-0.3, -0.25) is 10.1 Å². The zero-order valence-corrected chi connectivity index (χ0v) is 13.6. The third-order valence-electron chi connectivity index (χ3n) is 3.81. The number of non-ortho nitro benzene ring substituents is 1. The number of fused-ring (bicyclic) bond motifs is 1. The first-order valence-electron chi connectivity index (χ1n) is 7.28. The molecule has 1 heterocycles. The van der Waals surface area contributed by atoms with Crippen molar-refractivity contribution in [3.8, 4) is 17.2 Å². The van der Waals surface area contributed by atoms with Crippen LogP contribution in [0.25, 0.3) is 0 Å². The van der Waals surface area contributed by atoms with Gasteiger partial charge in [0.15, 0.2) is 6.21 Å². The lowest BCUT2D eigenvalue weighted by Crippen LogP contribution is -2.21. The largest absolute Gasteiger partial charge is 0.496 e. The van der Waals surface area contributed by atoms with Crippen molar-refractivity contribution in [3.63, 3.8) is 0 Å². The average Bonchev–Trinajstić information content (AvgIpc) is 2.60. The molecule has 1 aliphatic heterocycles. The molecule has 0 atom stereocenters. The molecule has 1 aliphatic rings. The lowest BCUT2D eigenvalue weighted by molar-refractivity contribution is -0.476. The monoisotopic (exact) mass is 329 g/mol. The minimum absolute atomic E-state index is 0.0381. The van der Waals surface area contributed by atoms with Gasteiger partial charge in [0.2, 0.25) is 5.69 Å². The van der Waals surface area contributed by atoms with Crippen LogP contribution in [0.15, 0.2) is 30.3 Å². The van der Waals surface area contributed by atoms with Crippen LogP contribution >= 0.6 is 0 Å². The highest BCUT2D eigenvalue weighted by molar-refractivity contribution is 5.83. The Kier molecular flexibility index (Phi) is 4.07. The molecule has 7 heteroatoms. The lowest BCUT2D eigenvalue weighted by atomic mass is 10.1. The van der Waals surface area contributed by atoms with E-state index < -0.39 is 4.92 Å². The van der Waals surface area contributed by atoms with Crippen LogP contribution < -0.4 is 14.2 Å². The summed E-state index contributed by atoms with van der Waals surface area (Å²) in [7, 11) is 3.16.